The Kier molecular flexibility index (Phi) is 5.23. The molecule has 0 fully saturated rings. The van der Waals surface area contributed by atoms with E-state index >= 15 is 0 Å². The predicted molar refractivity (Wildman–Crippen MR) is 79.9 cm³/mol. The van der Waals surface area contributed by atoms with E-state index in [0.29, 0.717) is 12.2 Å². The maximum absolute atomic E-state index is 12.2. The number of aromatic nitrogens is 2. The Morgan fingerprint density at radius 3 is 2.71 bits per heavy atom. The number of halogens is 2. The smallest absolute Gasteiger partial charge is 0.242 e. The SMILES string of the molecule is O=S(=O)(NCCc1ncc[nH]1)c1cc(Cl)cc(CO)c1Cl. The van der Waals surface area contributed by atoms with Crippen molar-refractivity contribution in [2.75, 3.05) is 6.54 Å². The second-order valence-electron chi connectivity index (χ2n) is 4.22. The number of rotatable bonds is 6. The lowest BCUT2D eigenvalue weighted by Crippen LogP contribution is -2.26. The summed E-state index contributed by atoms with van der Waals surface area (Å²) in [5.41, 5.74) is 0.260. The van der Waals surface area contributed by atoms with Crippen molar-refractivity contribution in [3.8, 4) is 0 Å². The fourth-order valence-corrected chi connectivity index (χ4v) is 3.70. The molecule has 1 aromatic carbocycles. The molecule has 1 heterocycles. The third kappa shape index (κ3) is 3.96. The normalized spacial score (nSPS) is 11.8. The Morgan fingerprint density at radius 1 is 1.33 bits per heavy atom. The molecule has 0 unspecified atom stereocenters. The van der Waals surface area contributed by atoms with Gasteiger partial charge < -0.3 is 10.1 Å². The minimum absolute atomic E-state index is 0.0348. The number of nitrogens with zero attached hydrogens (tertiary/aromatic N) is 1. The van der Waals surface area contributed by atoms with Crippen molar-refractivity contribution in [3.63, 3.8) is 0 Å². The number of hydrogen-bond donors (Lipinski definition) is 3. The van der Waals surface area contributed by atoms with Gasteiger partial charge in [-0.25, -0.2) is 18.1 Å². The van der Waals surface area contributed by atoms with E-state index in [4.69, 9.17) is 28.3 Å². The summed E-state index contributed by atoms with van der Waals surface area (Å²) in [5, 5.41) is 9.32. The second-order valence-corrected chi connectivity index (χ2v) is 6.77. The molecular weight excluding hydrogens is 337 g/mol. The molecule has 2 aromatic rings. The summed E-state index contributed by atoms with van der Waals surface area (Å²) in [6.07, 6.45) is 3.66. The Hall–Kier alpha value is -1.12. The van der Waals surface area contributed by atoms with Crippen LogP contribution in [0.3, 0.4) is 0 Å². The summed E-state index contributed by atoms with van der Waals surface area (Å²) in [5.74, 6) is 0.672. The molecule has 6 nitrogen and oxygen atoms in total. The largest absolute Gasteiger partial charge is 0.392 e. The molecule has 0 spiro atoms. The van der Waals surface area contributed by atoms with Gasteiger partial charge in [-0.15, -0.1) is 0 Å². The Bertz CT molecular complexity index is 718. The van der Waals surface area contributed by atoms with E-state index in [1.807, 2.05) is 0 Å². The van der Waals surface area contributed by atoms with Crippen LogP contribution in [0.15, 0.2) is 29.4 Å². The number of aliphatic hydroxyl groups is 1. The van der Waals surface area contributed by atoms with Gasteiger partial charge in [0.15, 0.2) is 0 Å². The number of imidazole rings is 1. The first kappa shape index (κ1) is 16.3. The second kappa shape index (κ2) is 6.76. The van der Waals surface area contributed by atoms with Crippen molar-refractivity contribution in [1.82, 2.24) is 14.7 Å². The molecule has 0 saturated carbocycles. The summed E-state index contributed by atoms with van der Waals surface area (Å²) >= 11 is 11.8. The average Bonchev–Trinajstić information content (AvgIpc) is 2.93. The van der Waals surface area contributed by atoms with E-state index in [1.54, 1.807) is 12.4 Å². The average molecular weight is 350 g/mol. The Labute approximate surface area is 132 Å². The topological polar surface area (TPSA) is 95.1 Å². The van der Waals surface area contributed by atoms with E-state index in [1.165, 1.54) is 12.1 Å². The van der Waals surface area contributed by atoms with Crippen LogP contribution >= 0.6 is 23.2 Å². The van der Waals surface area contributed by atoms with Crippen molar-refractivity contribution in [2.45, 2.75) is 17.9 Å². The lowest BCUT2D eigenvalue weighted by atomic mass is 10.2. The summed E-state index contributed by atoms with van der Waals surface area (Å²) in [6, 6.07) is 2.67. The number of hydrogen-bond acceptors (Lipinski definition) is 4. The maximum atomic E-state index is 12.2. The molecule has 0 aliphatic carbocycles. The lowest BCUT2D eigenvalue weighted by molar-refractivity contribution is 0.281. The van der Waals surface area contributed by atoms with Crippen LogP contribution in [0.25, 0.3) is 0 Å². The van der Waals surface area contributed by atoms with Gasteiger partial charge in [-0.1, -0.05) is 23.2 Å². The van der Waals surface area contributed by atoms with Gasteiger partial charge in [0.1, 0.15) is 10.7 Å². The van der Waals surface area contributed by atoms with Crippen LogP contribution in [-0.4, -0.2) is 30.0 Å². The molecule has 0 radical (unpaired) electrons. The van der Waals surface area contributed by atoms with Crippen LogP contribution < -0.4 is 4.72 Å². The molecule has 3 N–H and O–H groups in total. The highest BCUT2D eigenvalue weighted by Gasteiger charge is 2.20. The third-order valence-corrected chi connectivity index (χ3v) is 5.01. The predicted octanol–water partition coefficient (Wildman–Crippen LogP) is 1.73. The van der Waals surface area contributed by atoms with Gasteiger partial charge in [-0.2, -0.15) is 0 Å². The van der Waals surface area contributed by atoms with Crippen molar-refractivity contribution >= 4 is 33.2 Å². The quantitative estimate of drug-likeness (QED) is 0.739. The van der Waals surface area contributed by atoms with Crippen LogP contribution in [-0.2, 0) is 23.1 Å². The Morgan fingerprint density at radius 2 is 2.10 bits per heavy atom. The monoisotopic (exact) mass is 349 g/mol. The summed E-state index contributed by atoms with van der Waals surface area (Å²) in [4.78, 5) is 6.72. The van der Waals surface area contributed by atoms with E-state index in [2.05, 4.69) is 14.7 Å². The molecule has 1 aromatic heterocycles. The van der Waals surface area contributed by atoms with Gasteiger partial charge in [-0.05, 0) is 17.7 Å². The molecule has 0 aliphatic rings. The number of sulfonamides is 1. The van der Waals surface area contributed by atoms with E-state index in [0.717, 1.165) is 0 Å². The highest BCUT2D eigenvalue weighted by Crippen LogP contribution is 2.29. The molecule has 0 aliphatic heterocycles. The molecule has 0 saturated heterocycles. The lowest BCUT2D eigenvalue weighted by Gasteiger charge is -2.11. The standard InChI is InChI=1S/C12H13Cl2N3O3S/c13-9-5-8(7-18)12(14)10(6-9)21(19,20)17-2-1-11-15-3-4-16-11/h3-6,17-18H,1-2,7H2,(H,15,16). The summed E-state index contributed by atoms with van der Waals surface area (Å²) < 4.78 is 26.9. The van der Waals surface area contributed by atoms with E-state index in [-0.39, 0.29) is 27.0 Å². The molecule has 2 rings (SSSR count). The van der Waals surface area contributed by atoms with Crippen molar-refractivity contribution in [1.29, 1.82) is 0 Å². The third-order valence-electron chi connectivity index (χ3n) is 2.75. The molecule has 114 valence electrons. The van der Waals surface area contributed by atoms with Crippen LogP contribution in [0.1, 0.15) is 11.4 Å². The number of aromatic amines is 1. The highest BCUT2D eigenvalue weighted by atomic mass is 35.5. The first-order valence-corrected chi connectivity index (χ1v) is 8.24. The summed E-state index contributed by atoms with van der Waals surface area (Å²) in [6.45, 7) is -0.235. The van der Waals surface area contributed by atoms with Crippen LogP contribution in [0.5, 0.6) is 0 Å². The molecule has 0 bridgehead atoms. The van der Waals surface area contributed by atoms with Gasteiger partial charge >= 0.3 is 0 Å². The van der Waals surface area contributed by atoms with Gasteiger partial charge in [0.25, 0.3) is 0 Å². The van der Waals surface area contributed by atoms with E-state index < -0.39 is 16.6 Å². The molecule has 21 heavy (non-hydrogen) atoms. The van der Waals surface area contributed by atoms with E-state index in [9.17, 15) is 8.42 Å². The van der Waals surface area contributed by atoms with Crippen molar-refractivity contribution < 1.29 is 13.5 Å². The first-order valence-electron chi connectivity index (χ1n) is 6.00. The summed E-state index contributed by atoms with van der Waals surface area (Å²) in [7, 11) is -3.82. The number of aliphatic hydroxyl groups excluding tert-OH is 1. The van der Waals surface area contributed by atoms with Gasteiger partial charge in [-0.3, -0.25) is 0 Å². The van der Waals surface area contributed by atoms with Gasteiger partial charge in [0, 0.05) is 30.4 Å². The number of nitrogens with one attached hydrogen (secondary N) is 2. The van der Waals surface area contributed by atoms with Crippen molar-refractivity contribution in [3.05, 3.63) is 46.0 Å². The van der Waals surface area contributed by atoms with Gasteiger partial charge in [0.05, 0.1) is 11.6 Å². The highest BCUT2D eigenvalue weighted by molar-refractivity contribution is 7.89. The molecule has 0 amide bonds. The van der Waals surface area contributed by atoms with Crippen LogP contribution in [0, 0.1) is 0 Å². The Balaban J connectivity index is 2.17. The van der Waals surface area contributed by atoms with Crippen molar-refractivity contribution in [2.24, 2.45) is 0 Å². The fraction of sp³-hybridized carbons (Fsp3) is 0.250. The maximum Gasteiger partial charge on any atom is 0.242 e. The zero-order chi connectivity index (χ0) is 15.5. The fourth-order valence-electron chi connectivity index (χ4n) is 1.75. The van der Waals surface area contributed by atoms with Gasteiger partial charge in [0.2, 0.25) is 10.0 Å². The number of benzene rings is 1. The minimum Gasteiger partial charge on any atom is -0.392 e. The van der Waals surface area contributed by atoms with Crippen LogP contribution in [0.4, 0.5) is 0 Å². The van der Waals surface area contributed by atoms with Crippen LogP contribution in [0.2, 0.25) is 10.0 Å². The zero-order valence-corrected chi connectivity index (χ0v) is 13.1. The number of H-pyrrole nitrogens is 1. The molecule has 9 heteroatoms. The molecule has 0 atom stereocenters. The zero-order valence-electron chi connectivity index (χ0n) is 10.8. The first-order chi connectivity index (χ1) is 9.94. The molecular formula is C12H13Cl2N3O3S. The minimum atomic E-state index is -3.82.